The van der Waals surface area contributed by atoms with Gasteiger partial charge in [-0.2, -0.15) is 0 Å². The minimum absolute atomic E-state index is 0.0965. The number of nitrogens with zero attached hydrogens (tertiary/aromatic N) is 1. The molecule has 0 aromatic heterocycles. The molecule has 1 heterocycles. The summed E-state index contributed by atoms with van der Waals surface area (Å²) in [6.07, 6.45) is 5.26. The van der Waals surface area contributed by atoms with Gasteiger partial charge in [0.2, 0.25) is 0 Å². The number of rotatable bonds is 7. The van der Waals surface area contributed by atoms with Crippen molar-refractivity contribution >= 4 is 46.4 Å². The van der Waals surface area contributed by atoms with Gasteiger partial charge in [-0.15, -0.1) is 0 Å². The topological polar surface area (TPSA) is 61.4 Å². The molecule has 0 unspecified atom stereocenters. The number of hydrogen-bond acceptors (Lipinski definition) is 3. The Morgan fingerprint density at radius 2 is 1.53 bits per heavy atom. The van der Waals surface area contributed by atoms with Crippen LogP contribution in [-0.2, 0) is 6.42 Å². The monoisotopic (exact) mass is 521 g/mol. The number of carbonyl (C=O) groups is 2. The van der Waals surface area contributed by atoms with Gasteiger partial charge < -0.3 is 15.5 Å². The fraction of sp³-hybridized carbons (Fsp3) is 0.310. The molecule has 2 fully saturated rings. The maximum Gasteiger partial charge on any atom is 0.255 e. The maximum absolute atomic E-state index is 13.2. The van der Waals surface area contributed by atoms with Gasteiger partial charge in [0.15, 0.2) is 0 Å². The first kappa shape index (κ1) is 24.7. The largest absolute Gasteiger partial charge is 0.371 e. The van der Waals surface area contributed by atoms with Gasteiger partial charge in [-0.25, -0.2) is 0 Å². The Morgan fingerprint density at radius 1 is 0.833 bits per heavy atom. The number of anilines is 2. The second-order valence-corrected chi connectivity index (χ2v) is 10.6. The van der Waals surface area contributed by atoms with Gasteiger partial charge in [-0.05, 0) is 80.0 Å². The van der Waals surface area contributed by atoms with Crippen LogP contribution in [0.25, 0.3) is 0 Å². The first-order valence-electron chi connectivity index (χ1n) is 12.5. The molecule has 0 spiro atoms. The Balaban J connectivity index is 1.32. The van der Waals surface area contributed by atoms with E-state index in [4.69, 9.17) is 23.2 Å². The molecule has 2 amide bonds. The van der Waals surface area contributed by atoms with E-state index in [0.29, 0.717) is 32.8 Å². The van der Waals surface area contributed by atoms with Crippen molar-refractivity contribution in [1.29, 1.82) is 0 Å². The van der Waals surface area contributed by atoms with Gasteiger partial charge >= 0.3 is 0 Å². The van der Waals surface area contributed by atoms with Crippen molar-refractivity contribution in [1.82, 2.24) is 5.32 Å². The SMILES string of the molecule is O=C(Nc1ccc(N2CCC(Cc3ccccc3)CC2)c(C(=O)NC2CC2)c1)c1cc(Cl)cc(Cl)c1. The van der Waals surface area contributed by atoms with Crippen LogP contribution in [0.4, 0.5) is 11.4 Å². The van der Waals surface area contributed by atoms with E-state index in [1.807, 2.05) is 12.1 Å². The third kappa shape index (κ3) is 6.21. The molecule has 3 aromatic carbocycles. The number of carbonyl (C=O) groups excluding carboxylic acids is 2. The summed E-state index contributed by atoms with van der Waals surface area (Å²) in [7, 11) is 0. The molecule has 2 aliphatic rings. The molecule has 1 saturated heterocycles. The van der Waals surface area contributed by atoms with Gasteiger partial charge in [0.25, 0.3) is 11.8 Å². The average molecular weight is 522 g/mol. The molecule has 7 heteroatoms. The summed E-state index contributed by atoms with van der Waals surface area (Å²) < 4.78 is 0. The summed E-state index contributed by atoms with van der Waals surface area (Å²) in [5, 5.41) is 6.78. The van der Waals surface area contributed by atoms with Crippen LogP contribution < -0.4 is 15.5 Å². The van der Waals surface area contributed by atoms with Crippen molar-refractivity contribution in [3.05, 3.63) is 93.5 Å². The van der Waals surface area contributed by atoms with Crippen molar-refractivity contribution < 1.29 is 9.59 Å². The van der Waals surface area contributed by atoms with Crippen molar-refractivity contribution in [3.8, 4) is 0 Å². The van der Waals surface area contributed by atoms with Crippen LogP contribution in [0.2, 0.25) is 10.0 Å². The lowest BCUT2D eigenvalue weighted by Crippen LogP contribution is -2.36. The molecular formula is C29H29Cl2N3O2. The lowest BCUT2D eigenvalue weighted by atomic mass is 9.89. The predicted molar refractivity (Wildman–Crippen MR) is 146 cm³/mol. The van der Waals surface area contributed by atoms with Crippen molar-refractivity contribution in [3.63, 3.8) is 0 Å². The third-order valence-corrected chi connectivity index (χ3v) is 7.30. The molecular weight excluding hydrogens is 493 g/mol. The zero-order chi connectivity index (χ0) is 25.1. The highest BCUT2D eigenvalue weighted by atomic mass is 35.5. The molecule has 0 atom stereocenters. The minimum atomic E-state index is -0.331. The summed E-state index contributed by atoms with van der Waals surface area (Å²) in [6.45, 7) is 1.79. The Bertz CT molecular complexity index is 1230. The average Bonchev–Trinajstić information content (AvgIpc) is 3.68. The first-order valence-corrected chi connectivity index (χ1v) is 13.2. The van der Waals surface area contributed by atoms with E-state index in [1.54, 1.807) is 24.3 Å². The Labute approximate surface area is 221 Å². The quantitative estimate of drug-likeness (QED) is 0.368. The number of nitrogens with one attached hydrogen (secondary N) is 2. The fourth-order valence-electron chi connectivity index (χ4n) is 4.78. The fourth-order valence-corrected chi connectivity index (χ4v) is 5.30. The van der Waals surface area contributed by atoms with Crippen LogP contribution in [0.1, 0.15) is 52.0 Å². The number of halogens is 2. The summed E-state index contributed by atoms with van der Waals surface area (Å²) in [5.74, 6) is 0.207. The maximum atomic E-state index is 13.2. The van der Waals surface area contributed by atoms with E-state index >= 15 is 0 Å². The summed E-state index contributed by atoms with van der Waals surface area (Å²) >= 11 is 12.1. The molecule has 36 heavy (non-hydrogen) atoms. The molecule has 1 aliphatic heterocycles. The highest BCUT2D eigenvalue weighted by molar-refractivity contribution is 6.35. The Hall–Kier alpha value is -3.02. The van der Waals surface area contributed by atoms with E-state index in [1.165, 1.54) is 5.56 Å². The van der Waals surface area contributed by atoms with Crippen molar-refractivity contribution in [2.24, 2.45) is 5.92 Å². The van der Waals surface area contributed by atoms with Crippen LogP contribution in [0.3, 0.4) is 0 Å². The molecule has 1 aliphatic carbocycles. The Kier molecular flexibility index (Phi) is 7.49. The number of benzene rings is 3. The van der Waals surface area contributed by atoms with E-state index in [9.17, 15) is 9.59 Å². The van der Waals surface area contributed by atoms with E-state index in [0.717, 1.165) is 50.9 Å². The van der Waals surface area contributed by atoms with E-state index in [2.05, 4.69) is 45.9 Å². The van der Waals surface area contributed by atoms with Crippen LogP contribution in [-0.4, -0.2) is 30.9 Å². The molecule has 5 nitrogen and oxygen atoms in total. The molecule has 3 aromatic rings. The Morgan fingerprint density at radius 3 is 2.19 bits per heavy atom. The molecule has 186 valence electrons. The van der Waals surface area contributed by atoms with Crippen molar-refractivity contribution in [2.45, 2.75) is 38.1 Å². The number of amides is 2. The first-order chi connectivity index (χ1) is 17.4. The zero-order valence-corrected chi connectivity index (χ0v) is 21.5. The van der Waals surface area contributed by atoms with Gasteiger partial charge in [0.05, 0.1) is 5.56 Å². The summed E-state index contributed by atoms with van der Waals surface area (Å²) in [5.41, 5.74) is 3.79. The standard InChI is InChI=1S/C29H29Cl2N3O2/c30-22-15-21(16-23(31)17-22)28(35)33-25-8-9-27(26(18-25)29(36)32-24-6-7-24)34-12-10-20(11-13-34)14-19-4-2-1-3-5-19/h1-5,8-9,15-18,20,24H,6-7,10-14H2,(H,32,36)(H,33,35). The van der Waals surface area contributed by atoms with Gasteiger partial charge in [0.1, 0.15) is 0 Å². The van der Waals surface area contributed by atoms with Gasteiger partial charge in [-0.1, -0.05) is 53.5 Å². The molecule has 5 rings (SSSR count). The molecule has 0 radical (unpaired) electrons. The normalized spacial score (nSPS) is 16.0. The van der Waals surface area contributed by atoms with Crippen molar-refractivity contribution in [2.75, 3.05) is 23.3 Å². The molecule has 2 N–H and O–H groups in total. The van der Waals surface area contributed by atoms with Crippen LogP contribution in [0, 0.1) is 5.92 Å². The lowest BCUT2D eigenvalue weighted by molar-refractivity contribution is 0.0950. The second-order valence-electron chi connectivity index (χ2n) is 9.71. The lowest BCUT2D eigenvalue weighted by Gasteiger charge is -2.35. The highest BCUT2D eigenvalue weighted by Crippen LogP contribution is 2.31. The predicted octanol–water partition coefficient (Wildman–Crippen LogP) is 6.60. The van der Waals surface area contributed by atoms with E-state index < -0.39 is 0 Å². The summed E-state index contributed by atoms with van der Waals surface area (Å²) in [6, 6.07) is 21.1. The highest BCUT2D eigenvalue weighted by Gasteiger charge is 2.28. The second kappa shape index (κ2) is 10.9. The summed E-state index contributed by atoms with van der Waals surface area (Å²) in [4.78, 5) is 28.3. The van der Waals surface area contributed by atoms with Crippen LogP contribution in [0.15, 0.2) is 66.7 Å². The molecule has 0 bridgehead atoms. The van der Waals surface area contributed by atoms with Gasteiger partial charge in [-0.3, -0.25) is 9.59 Å². The van der Waals surface area contributed by atoms with Gasteiger partial charge in [0, 0.05) is 46.1 Å². The molecule has 1 saturated carbocycles. The smallest absolute Gasteiger partial charge is 0.255 e. The van der Waals surface area contributed by atoms with Crippen LogP contribution in [0.5, 0.6) is 0 Å². The van der Waals surface area contributed by atoms with Crippen LogP contribution >= 0.6 is 23.2 Å². The number of hydrogen-bond donors (Lipinski definition) is 2. The third-order valence-electron chi connectivity index (χ3n) is 6.86. The zero-order valence-electron chi connectivity index (χ0n) is 20.0. The van der Waals surface area contributed by atoms with E-state index in [-0.39, 0.29) is 17.9 Å². The minimum Gasteiger partial charge on any atom is -0.371 e. The number of piperidine rings is 1.